The van der Waals surface area contributed by atoms with Crippen LogP contribution >= 0.6 is 0 Å². The van der Waals surface area contributed by atoms with Gasteiger partial charge in [-0.25, -0.2) is 9.18 Å². The Labute approximate surface area is 203 Å². The molecule has 4 rings (SSSR count). The van der Waals surface area contributed by atoms with Crippen molar-refractivity contribution >= 4 is 12.1 Å². The van der Waals surface area contributed by atoms with Crippen LogP contribution in [0.1, 0.15) is 35.6 Å². The van der Waals surface area contributed by atoms with E-state index < -0.39 is 12.1 Å². The number of rotatable bonds is 8. The molecular weight excluding hydrogens is 449 g/mol. The molecule has 1 aliphatic rings. The fraction of sp³-hybridized carbons (Fsp3) is 0.286. The number of hydrogen-bond donors (Lipinski definition) is 1. The normalized spacial score (nSPS) is 12.7. The van der Waals surface area contributed by atoms with Gasteiger partial charge in [0, 0.05) is 18.7 Å². The first-order chi connectivity index (χ1) is 17.0. The van der Waals surface area contributed by atoms with Gasteiger partial charge in [0.05, 0.1) is 13.0 Å². The monoisotopic (exact) mass is 477 g/mol. The molecule has 1 aliphatic heterocycles. The van der Waals surface area contributed by atoms with Crippen LogP contribution in [0.2, 0.25) is 0 Å². The van der Waals surface area contributed by atoms with Crippen molar-refractivity contribution in [2.24, 2.45) is 0 Å². The van der Waals surface area contributed by atoms with Crippen molar-refractivity contribution in [2.45, 2.75) is 39.3 Å². The minimum atomic E-state index is -0.938. The maximum atomic E-state index is 14.8. The molecule has 1 amide bonds. The molecule has 0 bridgehead atoms. The van der Waals surface area contributed by atoms with Crippen LogP contribution in [0.5, 0.6) is 5.75 Å². The van der Waals surface area contributed by atoms with E-state index in [9.17, 15) is 19.1 Å². The number of aliphatic carboxylic acids is 1. The predicted molar refractivity (Wildman–Crippen MR) is 130 cm³/mol. The highest BCUT2D eigenvalue weighted by Gasteiger charge is 2.27. The van der Waals surface area contributed by atoms with Gasteiger partial charge in [0.15, 0.2) is 0 Å². The third-order valence-electron chi connectivity index (χ3n) is 5.97. The maximum Gasteiger partial charge on any atom is 0.410 e. The molecule has 1 N–H and O–H groups in total. The van der Waals surface area contributed by atoms with Gasteiger partial charge in [0.25, 0.3) is 0 Å². The molecular formula is C28H28FNO5. The summed E-state index contributed by atoms with van der Waals surface area (Å²) in [7, 11) is 0. The van der Waals surface area contributed by atoms with E-state index in [0.717, 1.165) is 17.5 Å². The summed E-state index contributed by atoms with van der Waals surface area (Å²) in [5.74, 6) is -0.663. The van der Waals surface area contributed by atoms with Crippen LogP contribution in [-0.4, -0.2) is 35.2 Å². The van der Waals surface area contributed by atoms with Gasteiger partial charge in [-0.1, -0.05) is 49.4 Å². The largest absolute Gasteiger partial charge is 0.493 e. The summed E-state index contributed by atoms with van der Waals surface area (Å²) in [6, 6.07) is 17.8. The average Bonchev–Trinajstić information content (AvgIpc) is 2.87. The number of carboxylic acids is 1. The van der Waals surface area contributed by atoms with E-state index in [0.29, 0.717) is 47.6 Å². The van der Waals surface area contributed by atoms with Crippen molar-refractivity contribution in [3.05, 3.63) is 88.7 Å². The Morgan fingerprint density at radius 2 is 1.80 bits per heavy atom. The Bertz CT molecular complexity index is 1210. The van der Waals surface area contributed by atoms with Crippen LogP contribution in [0.3, 0.4) is 0 Å². The molecule has 6 nitrogen and oxygen atoms in total. The van der Waals surface area contributed by atoms with Gasteiger partial charge in [0.2, 0.25) is 0 Å². The highest BCUT2D eigenvalue weighted by atomic mass is 19.1. The number of hydrogen-bond acceptors (Lipinski definition) is 4. The van der Waals surface area contributed by atoms with E-state index in [1.165, 1.54) is 6.07 Å². The van der Waals surface area contributed by atoms with Crippen molar-refractivity contribution in [1.29, 1.82) is 0 Å². The molecule has 3 aromatic carbocycles. The number of carbonyl (C=O) groups excluding carboxylic acids is 1. The Balaban J connectivity index is 1.65. The molecule has 0 saturated heterocycles. The number of amides is 1. The van der Waals surface area contributed by atoms with E-state index in [1.807, 2.05) is 37.3 Å². The van der Waals surface area contributed by atoms with Crippen molar-refractivity contribution in [2.75, 3.05) is 13.2 Å². The maximum absolute atomic E-state index is 14.8. The SMILES string of the molecule is CCCOc1ccc(CC(=O)O)cc1-c1ccc(F)c2c1CN(C(=O)OCc1ccccc1)CC2. The summed E-state index contributed by atoms with van der Waals surface area (Å²) in [4.78, 5) is 25.7. The molecule has 0 fully saturated rings. The molecule has 0 aromatic heterocycles. The number of nitrogens with zero attached hydrogens (tertiary/aromatic N) is 1. The van der Waals surface area contributed by atoms with Gasteiger partial charge < -0.3 is 19.5 Å². The number of ether oxygens (including phenoxy) is 2. The Morgan fingerprint density at radius 1 is 1.00 bits per heavy atom. The zero-order valence-electron chi connectivity index (χ0n) is 19.6. The number of benzene rings is 3. The topological polar surface area (TPSA) is 76.1 Å². The lowest BCUT2D eigenvalue weighted by atomic mass is 9.89. The summed E-state index contributed by atoms with van der Waals surface area (Å²) >= 11 is 0. The highest BCUT2D eigenvalue weighted by molar-refractivity contribution is 5.78. The average molecular weight is 478 g/mol. The zero-order valence-corrected chi connectivity index (χ0v) is 19.6. The second-order valence-electron chi connectivity index (χ2n) is 8.51. The van der Waals surface area contributed by atoms with E-state index in [-0.39, 0.29) is 25.4 Å². The number of fused-ring (bicyclic) bond motifs is 1. The van der Waals surface area contributed by atoms with Gasteiger partial charge in [-0.15, -0.1) is 0 Å². The van der Waals surface area contributed by atoms with Gasteiger partial charge in [-0.05, 0) is 58.9 Å². The van der Waals surface area contributed by atoms with Crippen LogP contribution in [0, 0.1) is 5.82 Å². The van der Waals surface area contributed by atoms with E-state index in [1.54, 1.807) is 29.2 Å². The molecule has 3 aromatic rings. The fourth-order valence-corrected chi connectivity index (χ4v) is 4.26. The zero-order chi connectivity index (χ0) is 24.8. The van der Waals surface area contributed by atoms with Crippen LogP contribution in [-0.2, 0) is 35.5 Å². The molecule has 0 saturated carbocycles. The van der Waals surface area contributed by atoms with E-state index >= 15 is 0 Å². The Morgan fingerprint density at radius 3 is 2.54 bits per heavy atom. The molecule has 0 atom stereocenters. The summed E-state index contributed by atoms with van der Waals surface area (Å²) in [5.41, 5.74) is 4.15. The second kappa shape index (κ2) is 11.0. The number of carboxylic acid groups (broad SMARTS) is 1. The molecule has 0 aliphatic carbocycles. The highest BCUT2D eigenvalue weighted by Crippen LogP contribution is 2.38. The van der Waals surface area contributed by atoms with Gasteiger partial charge >= 0.3 is 12.1 Å². The second-order valence-corrected chi connectivity index (χ2v) is 8.51. The number of carbonyl (C=O) groups is 2. The third-order valence-corrected chi connectivity index (χ3v) is 5.97. The Hall–Kier alpha value is -3.87. The van der Waals surface area contributed by atoms with Gasteiger partial charge in [0.1, 0.15) is 18.2 Å². The summed E-state index contributed by atoms with van der Waals surface area (Å²) in [6.07, 6.45) is 0.563. The molecule has 35 heavy (non-hydrogen) atoms. The lowest BCUT2D eigenvalue weighted by Crippen LogP contribution is -2.37. The molecule has 182 valence electrons. The van der Waals surface area contributed by atoms with E-state index in [2.05, 4.69) is 0 Å². The van der Waals surface area contributed by atoms with Crippen molar-refractivity contribution < 1.29 is 28.6 Å². The molecule has 0 unspecified atom stereocenters. The summed E-state index contributed by atoms with van der Waals surface area (Å²) < 4.78 is 26.2. The van der Waals surface area contributed by atoms with Crippen LogP contribution < -0.4 is 4.74 Å². The standard InChI is InChI=1S/C28H28FNO5/c1-2-14-34-26-11-8-20(16-27(31)32)15-23(26)21-9-10-25(29)22-12-13-30(17-24(21)22)28(33)35-18-19-6-4-3-5-7-19/h3-11,15H,2,12-14,16-18H2,1H3,(H,31,32). The summed E-state index contributed by atoms with van der Waals surface area (Å²) in [6.45, 7) is 3.18. The van der Waals surface area contributed by atoms with Crippen molar-refractivity contribution in [3.8, 4) is 16.9 Å². The van der Waals surface area contributed by atoms with E-state index in [4.69, 9.17) is 9.47 Å². The molecule has 0 radical (unpaired) electrons. The third kappa shape index (κ3) is 5.80. The van der Waals surface area contributed by atoms with Crippen LogP contribution in [0.15, 0.2) is 60.7 Å². The van der Waals surface area contributed by atoms with Crippen molar-refractivity contribution in [3.63, 3.8) is 0 Å². The molecule has 0 spiro atoms. The Kier molecular flexibility index (Phi) is 7.65. The lowest BCUT2D eigenvalue weighted by Gasteiger charge is -2.30. The predicted octanol–water partition coefficient (Wildman–Crippen LogP) is 5.60. The summed E-state index contributed by atoms with van der Waals surface area (Å²) in [5, 5.41) is 9.26. The van der Waals surface area contributed by atoms with Gasteiger partial charge in [-0.3, -0.25) is 4.79 Å². The minimum absolute atomic E-state index is 0.137. The first-order valence-corrected chi connectivity index (χ1v) is 11.7. The van der Waals surface area contributed by atoms with Gasteiger partial charge in [-0.2, -0.15) is 0 Å². The quantitative estimate of drug-likeness (QED) is 0.457. The number of halogens is 1. The van der Waals surface area contributed by atoms with Crippen LogP contribution in [0.4, 0.5) is 9.18 Å². The molecule has 7 heteroatoms. The first-order valence-electron chi connectivity index (χ1n) is 11.7. The fourth-order valence-electron chi connectivity index (χ4n) is 4.26. The first kappa shape index (κ1) is 24.3. The molecule has 1 heterocycles. The lowest BCUT2D eigenvalue weighted by molar-refractivity contribution is -0.136. The minimum Gasteiger partial charge on any atom is -0.493 e. The van der Waals surface area contributed by atoms with Crippen molar-refractivity contribution in [1.82, 2.24) is 4.90 Å². The van der Waals surface area contributed by atoms with Crippen LogP contribution in [0.25, 0.3) is 11.1 Å². The smallest absolute Gasteiger partial charge is 0.410 e.